The molecule has 0 saturated carbocycles. The van der Waals surface area contributed by atoms with Crippen LogP contribution < -0.4 is 9.47 Å². The molecule has 1 atom stereocenters. The number of benzene rings is 2. The van der Waals surface area contributed by atoms with E-state index >= 15 is 0 Å². The van der Waals surface area contributed by atoms with E-state index in [1.165, 1.54) is 12.1 Å². The van der Waals surface area contributed by atoms with Crippen molar-refractivity contribution in [1.82, 2.24) is 9.88 Å². The predicted molar refractivity (Wildman–Crippen MR) is 117 cm³/mol. The molecule has 1 aliphatic heterocycles. The fraction of sp³-hybridized carbons (Fsp3) is 0.280. The number of aromatic nitrogens is 1. The van der Waals surface area contributed by atoms with Crippen molar-refractivity contribution in [3.05, 3.63) is 89.5 Å². The minimum Gasteiger partial charge on any atom is -0.493 e. The third kappa shape index (κ3) is 5.23. The molecule has 2 aromatic carbocycles. The molecule has 1 amide bonds. The van der Waals surface area contributed by atoms with Gasteiger partial charge >= 0.3 is 0 Å². The molecule has 1 aliphatic rings. The summed E-state index contributed by atoms with van der Waals surface area (Å²) in [5.41, 5.74) is 1.72. The molecule has 6 nitrogen and oxygen atoms in total. The summed E-state index contributed by atoms with van der Waals surface area (Å²) in [7, 11) is 1.58. The van der Waals surface area contributed by atoms with E-state index in [0.29, 0.717) is 31.3 Å². The lowest BCUT2D eigenvalue weighted by molar-refractivity contribution is 0.0725. The Labute approximate surface area is 186 Å². The standard InChI is InChI=1S/C25H25FN2O4/c1-30-24-13-18(8-9-23(24)32-20-10-12-31-17-20)15-28(16-19-5-4-11-27-14-19)25(29)21-6-2-3-7-22(21)26/h2-9,11,13-14,20H,10,12,15-17H2,1H3. The largest absolute Gasteiger partial charge is 0.493 e. The Kier molecular flexibility index (Phi) is 6.97. The van der Waals surface area contributed by atoms with Crippen LogP contribution in [0.5, 0.6) is 11.5 Å². The summed E-state index contributed by atoms with van der Waals surface area (Å²) in [4.78, 5) is 18.9. The van der Waals surface area contributed by atoms with Crippen LogP contribution in [-0.4, -0.2) is 42.2 Å². The van der Waals surface area contributed by atoms with Crippen molar-refractivity contribution in [3.8, 4) is 11.5 Å². The second-order valence-corrected chi connectivity index (χ2v) is 7.59. The molecule has 0 radical (unpaired) electrons. The zero-order valence-corrected chi connectivity index (χ0v) is 17.9. The van der Waals surface area contributed by atoms with Crippen LogP contribution in [0.1, 0.15) is 27.9 Å². The first-order valence-corrected chi connectivity index (χ1v) is 10.5. The predicted octanol–water partition coefficient (Wildman–Crippen LogP) is 4.24. The van der Waals surface area contributed by atoms with Crippen molar-refractivity contribution in [2.75, 3.05) is 20.3 Å². The average molecular weight is 436 g/mol. The molecule has 32 heavy (non-hydrogen) atoms. The normalized spacial score (nSPS) is 15.4. The van der Waals surface area contributed by atoms with E-state index in [4.69, 9.17) is 14.2 Å². The first-order chi connectivity index (χ1) is 15.6. The molecule has 4 rings (SSSR count). The number of pyridine rings is 1. The van der Waals surface area contributed by atoms with Gasteiger partial charge in [-0.3, -0.25) is 9.78 Å². The molecule has 166 valence electrons. The number of carbonyl (C=O) groups is 1. The minimum absolute atomic E-state index is 0.000497. The zero-order chi connectivity index (χ0) is 22.3. The third-order valence-electron chi connectivity index (χ3n) is 5.27. The minimum atomic E-state index is -0.547. The number of halogens is 1. The molecule has 0 aliphatic carbocycles. The van der Waals surface area contributed by atoms with E-state index < -0.39 is 11.7 Å². The molecular weight excluding hydrogens is 411 g/mol. The highest BCUT2D eigenvalue weighted by Gasteiger charge is 2.22. The Balaban J connectivity index is 1.58. The van der Waals surface area contributed by atoms with Gasteiger partial charge in [0.2, 0.25) is 0 Å². The van der Waals surface area contributed by atoms with E-state index in [2.05, 4.69) is 4.98 Å². The molecule has 1 saturated heterocycles. The van der Waals surface area contributed by atoms with E-state index in [9.17, 15) is 9.18 Å². The topological polar surface area (TPSA) is 60.9 Å². The SMILES string of the molecule is COc1cc(CN(Cc2cccnc2)C(=O)c2ccccc2F)ccc1OC1CCOC1. The van der Waals surface area contributed by atoms with E-state index in [1.54, 1.807) is 36.5 Å². The van der Waals surface area contributed by atoms with Crippen molar-refractivity contribution in [2.24, 2.45) is 0 Å². The third-order valence-corrected chi connectivity index (χ3v) is 5.27. The van der Waals surface area contributed by atoms with Gasteiger partial charge in [-0.2, -0.15) is 0 Å². The molecule has 7 heteroatoms. The van der Waals surface area contributed by atoms with Crippen molar-refractivity contribution in [1.29, 1.82) is 0 Å². The number of ether oxygens (including phenoxy) is 3. The zero-order valence-electron chi connectivity index (χ0n) is 17.9. The van der Waals surface area contributed by atoms with Gasteiger partial charge in [0.05, 0.1) is 25.9 Å². The van der Waals surface area contributed by atoms with Crippen LogP contribution in [0.15, 0.2) is 67.0 Å². The number of methoxy groups -OCH3 is 1. The van der Waals surface area contributed by atoms with Crippen LogP contribution in [0, 0.1) is 5.82 Å². The number of hydrogen-bond donors (Lipinski definition) is 0. The molecule has 1 unspecified atom stereocenters. The Morgan fingerprint density at radius 1 is 1.12 bits per heavy atom. The van der Waals surface area contributed by atoms with Gasteiger partial charge in [0.1, 0.15) is 11.9 Å². The highest BCUT2D eigenvalue weighted by atomic mass is 19.1. The maximum absolute atomic E-state index is 14.3. The van der Waals surface area contributed by atoms with Gasteiger partial charge in [-0.1, -0.05) is 24.3 Å². The second-order valence-electron chi connectivity index (χ2n) is 7.59. The molecular formula is C25H25FN2O4. The van der Waals surface area contributed by atoms with Crippen molar-refractivity contribution in [2.45, 2.75) is 25.6 Å². The molecule has 2 heterocycles. The smallest absolute Gasteiger partial charge is 0.257 e. The quantitative estimate of drug-likeness (QED) is 0.529. The van der Waals surface area contributed by atoms with Gasteiger partial charge in [0.15, 0.2) is 11.5 Å². The Bertz CT molecular complexity index is 1050. The summed E-state index contributed by atoms with van der Waals surface area (Å²) < 4.78 is 31.2. The van der Waals surface area contributed by atoms with Crippen LogP contribution >= 0.6 is 0 Å². The van der Waals surface area contributed by atoms with Crippen LogP contribution in [0.4, 0.5) is 4.39 Å². The monoisotopic (exact) mass is 436 g/mol. The number of carbonyl (C=O) groups excluding carboxylic acids is 1. The van der Waals surface area contributed by atoms with Gasteiger partial charge in [-0.25, -0.2) is 4.39 Å². The summed E-state index contributed by atoms with van der Waals surface area (Å²) in [5.74, 6) is 0.267. The highest BCUT2D eigenvalue weighted by molar-refractivity contribution is 5.94. The fourth-order valence-corrected chi connectivity index (χ4v) is 3.63. The first kappa shape index (κ1) is 21.8. The highest BCUT2D eigenvalue weighted by Crippen LogP contribution is 2.31. The van der Waals surface area contributed by atoms with Gasteiger partial charge in [-0.15, -0.1) is 0 Å². The summed E-state index contributed by atoms with van der Waals surface area (Å²) in [6.07, 6.45) is 4.20. The number of nitrogens with zero attached hydrogens (tertiary/aromatic N) is 2. The summed E-state index contributed by atoms with van der Waals surface area (Å²) in [6, 6.07) is 15.3. The summed E-state index contributed by atoms with van der Waals surface area (Å²) in [5, 5.41) is 0. The van der Waals surface area contributed by atoms with E-state index in [1.807, 2.05) is 30.3 Å². The first-order valence-electron chi connectivity index (χ1n) is 10.5. The molecule has 0 bridgehead atoms. The van der Waals surface area contributed by atoms with Crippen molar-refractivity contribution in [3.63, 3.8) is 0 Å². The maximum Gasteiger partial charge on any atom is 0.257 e. The molecule has 0 spiro atoms. The van der Waals surface area contributed by atoms with E-state index in [-0.39, 0.29) is 18.2 Å². The molecule has 1 fully saturated rings. The van der Waals surface area contributed by atoms with Crippen LogP contribution in [0.25, 0.3) is 0 Å². The molecule has 1 aromatic heterocycles. The van der Waals surface area contributed by atoms with Crippen LogP contribution in [0.2, 0.25) is 0 Å². The maximum atomic E-state index is 14.3. The number of amides is 1. The summed E-state index contributed by atoms with van der Waals surface area (Å²) in [6.45, 7) is 1.81. The second kappa shape index (κ2) is 10.2. The summed E-state index contributed by atoms with van der Waals surface area (Å²) >= 11 is 0. The van der Waals surface area contributed by atoms with E-state index in [0.717, 1.165) is 17.5 Å². The van der Waals surface area contributed by atoms with Crippen molar-refractivity contribution < 1.29 is 23.4 Å². The van der Waals surface area contributed by atoms with Gasteiger partial charge in [0, 0.05) is 31.9 Å². The Morgan fingerprint density at radius 3 is 2.69 bits per heavy atom. The van der Waals surface area contributed by atoms with Crippen LogP contribution in [-0.2, 0) is 17.8 Å². The lowest BCUT2D eigenvalue weighted by atomic mass is 10.1. The number of rotatable bonds is 8. The number of hydrogen-bond acceptors (Lipinski definition) is 5. The Hall–Kier alpha value is -3.45. The van der Waals surface area contributed by atoms with Gasteiger partial charge in [-0.05, 0) is 41.5 Å². The Morgan fingerprint density at radius 2 is 1.97 bits per heavy atom. The molecule has 0 N–H and O–H groups in total. The van der Waals surface area contributed by atoms with Gasteiger partial charge < -0.3 is 19.1 Å². The molecule has 3 aromatic rings. The van der Waals surface area contributed by atoms with Crippen LogP contribution in [0.3, 0.4) is 0 Å². The van der Waals surface area contributed by atoms with Crippen molar-refractivity contribution >= 4 is 5.91 Å². The average Bonchev–Trinajstić information content (AvgIpc) is 3.33. The lowest BCUT2D eigenvalue weighted by Crippen LogP contribution is -2.31. The lowest BCUT2D eigenvalue weighted by Gasteiger charge is -2.24. The van der Waals surface area contributed by atoms with Gasteiger partial charge in [0.25, 0.3) is 5.91 Å². The fourth-order valence-electron chi connectivity index (χ4n) is 3.63.